The zero-order valence-electron chi connectivity index (χ0n) is 11.9. The monoisotopic (exact) mass is 316 g/mol. The van der Waals surface area contributed by atoms with Gasteiger partial charge in [0.2, 0.25) is 10.0 Å². The summed E-state index contributed by atoms with van der Waals surface area (Å²) in [6.45, 7) is 0.424. The molecule has 0 aliphatic heterocycles. The zero-order chi connectivity index (χ0) is 14.8. The summed E-state index contributed by atoms with van der Waals surface area (Å²) in [4.78, 5) is 2.28. The minimum atomic E-state index is -3.56. The van der Waals surface area contributed by atoms with Gasteiger partial charge in [0, 0.05) is 12.1 Å². The van der Waals surface area contributed by atoms with Gasteiger partial charge in [-0.3, -0.25) is 0 Å². The normalized spacial score (nSPS) is 18.6. The average Bonchev–Trinajstić information content (AvgIpc) is 2.87. The van der Waals surface area contributed by atoms with Crippen LogP contribution in [-0.4, -0.2) is 39.5 Å². The van der Waals surface area contributed by atoms with Crippen molar-refractivity contribution in [2.24, 2.45) is 0 Å². The van der Waals surface area contributed by atoms with Crippen LogP contribution in [0.2, 0.25) is 5.02 Å². The van der Waals surface area contributed by atoms with E-state index < -0.39 is 10.0 Å². The Kier molecular flexibility index (Phi) is 4.74. The number of hydrogen-bond acceptors (Lipinski definition) is 3. The molecule has 1 N–H and O–H groups in total. The summed E-state index contributed by atoms with van der Waals surface area (Å²) < 4.78 is 27.4. The maximum atomic E-state index is 12.4. The van der Waals surface area contributed by atoms with E-state index >= 15 is 0 Å². The molecular formula is C14H21ClN2O2S. The van der Waals surface area contributed by atoms with Gasteiger partial charge in [0.1, 0.15) is 4.90 Å². The van der Waals surface area contributed by atoms with Gasteiger partial charge in [0.05, 0.1) is 5.02 Å². The molecule has 1 aliphatic rings. The lowest BCUT2D eigenvalue weighted by atomic mass is 9.97. The van der Waals surface area contributed by atoms with Crippen LogP contribution in [-0.2, 0) is 10.0 Å². The van der Waals surface area contributed by atoms with Crippen LogP contribution >= 0.6 is 11.6 Å². The van der Waals surface area contributed by atoms with Crippen molar-refractivity contribution in [2.45, 2.75) is 36.1 Å². The van der Waals surface area contributed by atoms with Gasteiger partial charge < -0.3 is 4.90 Å². The van der Waals surface area contributed by atoms with Crippen LogP contribution in [0.25, 0.3) is 0 Å². The minimum Gasteiger partial charge on any atom is -0.302 e. The molecule has 0 spiro atoms. The average molecular weight is 317 g/mol. The van der Waals surface area contributed by atoms with Crippen LogP contribution in [0.15, 0.2) is 29.2 Å². The molecule has 0 atom stereocenters. The summed E-state index contributed by atoms with van der Waals surface area (Å²) >= 11 is 5.97. The molecule has 0 amide bonds. The highest BCUT2D eigenvalue weighted by Crippen LogP contribution is 2.33. The third-order valence-corrected chi connectivity index (χ3v) is 6.10. The largest absolute Gasteiger partial charge is 0.302 e. The Morgan fingerprint density at radius 2 is 1.85 bits per heavy atom. The molecule has 2 rings (SSSR count). The number of halogens is 1. The standard InChI is InChI=1S/C14H21ClN2O2S/c1-17(2)14(9-5-6-10-14)11-16-20(18,19)13-8-4-3-7-12(13)15/h3-4,7-8,16H,5-6,9-11H2,1-2H3. The Morgan fingerprint density at radius 1 is 1.25 bits per heavy atom. The molecule has 20 heavy (non-hydrogen) atoms. The van der Waals surface area contributed by atoms with Gasteiger partial charge in [0.25, 0.3) is 0 Å². The van der Waals surface area contributed by atoms with Crippen LogP contribution in [0.5, 0.6) is 0 Å². The second kappa shape index (κ2) is 6.02. The van der Waals surface area contributed by atoms with E-state index in [-0.39, 0.29) is 15.5 Å². The Labute approximate surface area is 126 Å². The summed E-state index contributed by atoms with van der Waals surface area (Å²) in [5.74, 6) is 0. The summed E-state index contributed by atoms with van der Waals surface area (Å²) in [7, 11) is 0.459. The predicted molar refractivity (Wildman–Crippen MR) is 81.5 cm³/mol. The molecule has 4 nitrogen and oxygen atoms in total. The van der Waals surface area contributed by atoms with E-state index in [1.165, 1.54) is 6.07 Å². The first-order valence-corrected chi connectivity index (χ1v) is 8.65. The van der Waals surface area contributed by atoms with Gasteiger partial charge >= 0.3 is 0 Å². The Morgan fingerprint density at radius 3 is 2.40 bits per heavy atom. The second-order valence-electron chi connectivity index (χ2n) is 5.58. The van der Waals surface area contributed by atoms with E-state index in [2.05, 4.69) is 9.62 Å². The molecular weight excluding hydrogens is 296 g/mol. The van der Waals surface area contributed by atoms with Crippen molar-refractivity contribution in [1.82, 2.24) is 9.62 Å². The number of nitrogens with one attached hydrogen (secondary N) is 1. The minimum absolute atomic E-state index is 0.0751. The highest BCUT2D eigenvalue weighted by atomic mass is 35.5. The highest BCUT2D eigenvalue weighted by Gasteiger charge is 2.37. The Balaban J connectivity index is 2.15. The Hall–Kier alpha value is -0.620. The fourth-order valence-electron chi connectivity index (χ4n) is 2.78. The molecule has 0 unspecified atom stereocenters. The number of hydrogen-bond donors (Lipinski definition) is 1. The first-order valence-electron chi connectivity index (χ1n) is 6.79. The van der Waals surface area contributed by atoms with Crippen molar-refractivity contribution < 1.29 is 8.42 Å². The van der Waals surface area contributed by atoms with Crippen LogP contribution in [0, 0.1) is 0 Å². The third-order valence-electron chi connectivity index (χ3n) is 4.20. The zero-order valence-corrected chi connectivity index (χ0v) is 13.5. The molecule has 0 aromatic heterocycles. The topological polar surface area (TPSA) is 49.4 Å². The number of benzene rings is 1. The van der Waals surface area contributed by atoms with Crippen LogP contribution in [0.4, 0.5) is 0 Å². The van der Waals surface area contributed by atoms with Gasteiger partial charge in [-0.15, -0.1) is 0 Å². The molecule has 1 aromatic rings. The molecule has 0 bridgehead atoms. The van der Waals surface area contributed by atoms with Crippen molar-refractivity contribution in [1.29, 1.82) is 0 Å². The van der Waals surface area contributed by atoms with Gasteiger partial charge in [-0.1, -0.05) is 36.6 Å². The van der Waals surface area contributed by atoms with Gasteiger partial charge in [-0.05, 0) is 39.1 Å². The molecule has 6 heteroatoms. The lowest BCUT2D eigenvalue weighted by Crippen LogP contribution is -2.50. The van der Waals surface area contributed by atoms with E-state index in [0.29, 0.717) is 6.54 Å². The first kappa shape index (κ1) is 15.8. The van der Waals surface area contributed by atoms with Gasteiger partial charge in [-0.25, -0.2) is 13.1 Å². The second-order valence-corrected chi connectivity index (χ2v) is 7.72. The fraction of sp³-hybridized carbons (Fsp3) is 0.571. The predicted octanol–water partition coefficient (Wildman–Crippen LogP) is 2.49. The van der Waals surface area contributed by atoms with E-state index in [1.807, 2.05) is 14.1 Å². The Bertz CT molecular complexity index is 566. The lowest BCUT2D eigenvalue weighted by molar-refractivity contribution is 0.162. The van der Waals surface area contributed by atoms with E-state index in [4.69, 9.17) is 11.6 Å². The molecule has 1 aliphatic carbocycles. The first-order chi connectivity index (χ1) is 9.37. The maximum absolute atomic E-state index is 12.4. The number of likely N-dealkylation sites (N-methyl/N-ethyl adjacent to an activating group) is 1. The number of nitrogens with zero attached hydrogens (tertiary/aromatic N) is 1. The summed E-state index contributed by atoms with van der Waals surface area (Å²) in [6, 6.07) is 6.52. The highest BCUT2D eigenvalue weighted by molar-refractivity contribution is 7.89. The number of rotatable bonds is 5. The van der Waals surface area contributed by atoms with Crippen LogP contribution in [0.3, 0.4) is 0 Å². The van der Waals surface area contributed by atoms with Crippen molar-refractivity contribution in [3.05, 3.63) is 29.3 Å². The van der Waals surface area contributed by atoms with Crippen molar-refractivity contribution in [2.75, 3.05) is 20.6 Å². The maximum Gasteiger partial charge on any atom is 0.242 e. The van der Waals surface area contributed by atoms with Gasteiger partial charge in [-0.2, -0.15) is 0 Å². The molecule has 0 heterocycles. The molecule has 1 fully saturated rings. The van der Waals surface area contributed by atoms with Crippen LogP contribution in [0.1, 0.15) is 25.7 Å². The quantitative estimate of drug-likeness (QED) is 0.908. The summed E-state index contributed by atoms with van der Waals surface area (Å²) in [5.41, 5.74) is -0.0751. The van der Waals surface area contributed by atoms with Crippen LogP contribution < -0.4 is 4.72 Å². The van der Waals surface area contributed by atoms with Crippen molar-refractivity contribution >= 4 is 21.6 Å². The SMILES string of the molecule is CN(C)C1(CNS(=O)(=O)c2ccccc2Cl)CCCC1. The molecule has 0 radical (unpaired) electrons. The van der Waals surface area contributed by atoms with Crippen molar-refractivity contribution in [3.63, 3.8) is 0 Å². The number of sulfonamides is 1. The molecule has 1 aromatic carbocycles. The van der Waals surface area contributed by atoms with E-state index in [9.17, 15) is 8.42 Å². The lowest BCUT2D eigenvalue weighted by Gasteiger charge is -2.36. The van der Waals surface area contributed by atoms with Gasteiger partial charge in [0.15, 0.2) is 0 Å². The summed E-state index contributed by atoms with van der Waals surface area (Å²) in [5, 5.41) is 0.255. The fourth-order valence-corrected chi connectivity index (χ4v) is 4.42. The smallest absolute Gasteiger partial charge is 0.242 e. The molecule has 1 saturated carbocycles. The molecule has 0 saturated heterocycles. The van der Waals surface area contributed by atoms with E-state index in [1.54, 1.807) is 18.2 Å². The molecule has 112 valence electrons. The summed E-state index contributed by atoms with van der Waals surface area (Å²) in [6.07, 6.45) is 4.33. The van der Waals surface area contributed by atoms with E-state index in [0.717, 1.165) is 25.7 Å². The third kappa shape index (κ3) is 3.17. The van der Waals surface area contributed by atoms with Crippen molar-refractivity contribution in [3.8, 4) is 0 Å².